The molecule has 3 heterocycles. The van der Waals surface area contributed by atoms with Crippen molar-refractivity contribution in [3.8, 4) is 11.5 Å². The van der Waals surface area contributed by atoms with Gasteiger partial charge in [-0.15, -0.1) is 0 Å². The van der Waals surface area contributed by atoms with Crippen molar-refractivity contribution in [2.24, 2.45) is 0 Å². The Morgan fingerprint density at radius 1 is 1.06 bits per heavy atom. The summed E-state index contributed by atoms with van der Waals surface area (Å²) in [6, 6.07) is 11.8. The van der Waals surface area contributed by atoms with Crippen LogP contribution >= 0.6 is 0 Å². The lowest BCUT2D eigenvalue weighted by Crippen LogP contribution is -2.52. The minimum atomic E-state index is -1.76. The summed E-state index contributed by atoms with van der Waals surface area (Å²) in [4.78, 5) is 45.2. The number of amides is 2. The maximum atomic E-state index is 13.9. The Hall–Kier alpha value is -3.85. The molecule has 2 aromatic rings. The second-order valence-electron chi connectivity index (χ2n) is 8.76. The zero-order chi connectivity index (χ0) is 24.2. The molecule has 0 bridgehead atoms. The maximum absolute atomic E-state index is 13.9. The molecule has 9 heteroatoms. The lowest BCUT2D eigenvalue weighted by atomic mass is 9.82. The highest BCUT2D eigenvalue weighted by Gasteiger charge is 2.66. The summed E-state index contributed by atoms with van der Waals surface area (Å²) in [5, 5.41) is 11.5. The van der Waals surface area contributed by atoms with Gasteiger partial charge in [0.15, 0.2) is 17.0 Å². The van der Waals surface area contributed by atoms with Crippen molar-refractivity contribution >= 4 is 29.0 Å². The molecule has 1 atom stereocenters. The Labute approximate surface area is 196 Å². The van der Waals surface area contributed by atoms with E-state index in [1.807, 2.05) is 19.0 Å². The quantitative estimate of drug-likeness (QED) is 0.417. The number of rotatable bonds is 4. The van der Waals surface area contributed by atoms with Gasteiger partial charge in [0, 0.05) is 37.0 Å². The van der Waals surface area contributed by atoms with Crippen LogP contribution in [-0.4, -0.2) is 80.0 Å². The molecule has 1 N–H and O–H groups in total. The van der Waals surface area contributed by atoms with Gasteiger partial charge in [-0.25, -0.2) is 0 Å². The SMILES string of the molecule is CN(C)CCN1C(=O)C(=O)/C(=C(/O)c2ccc3c(c2)OCCO3)[C@]12C(=O)N(C)c1ccccc12. The van der Waals surface area contributed by atoms with E-state index in [1.165, 1.54) is 9.80 Å². The van der Waals surface area contributed by atoms with Gasteiger partial charge in [-0.05, 0) is 38.4 Å². The zero-order valence-corrected chi connectivity index (χ0v) is 19.2. The van der Waals surface area contributed by atoms with E-state index in [4.69, 9.17) is 9.47 Å². The molecule has 0 aliphatic carbocycles. The summed E-state index contributed by atoms with van der Waals surface area (Å²) in [7, 11) is 5.29. The third-order valence-corrected chi connectivity index (χ3v) is 6.53. The van der Waals surface area contributed by atoms with Crippen LogP contribution in [0, 0.1) is 0 Å². The van der Waals surface area contributed by atoms with Gasteiger partial charge in [0.05, 0.1) is 5.57 Å². The monoisotopic (exact) mass is 463 g/mol. The van der Waals surface area contributed by atoms with Crippen LogP contribution in [0.25, 0.3) is 5.76 Å². The largest absolute Gasteiger partial charge is 0.507 e. The molecule has 2 amide bonds. The average Bonchev–Trinajstić information content (AvgIpc) is 3.20. The van der Waals surface area contributed by atoms with Gasteiger partial charge in [0.1, 0.15) is 19.0 Å². The van der Waals surface area contributed by atoms with Crippen LogP contribution in [0.2, 0.25) is 0 Å². The third kappa shape index (κ3) is 2.93. The Kier molecular flexibility index (Phi) is 5.09. The fourth-order valence-electron chi connectivity index (χ4n) is 4.91. The first-order valence-electron chi connectivity index (χ1n) is 11.0. The van der Waals surface area contributed by atoms with Crippen LogP contribution < -0.4 is 14.4 Å². The normalized spacial score (nSPS) is 22.8. The van der Waals surface area contributed by atoms with Crippen LogP contribution in [0.3, 0.4) is 0 Å². The standard InChI is InChI=1S/C25H25N3O6/c1-26(2)10-11-28-23(31)22(30)20(21(29)15-8-9-18-19(14-15)34-13-12-33-18)25(28)16-6-4-5-7-17(16)27(3)24(25)32/h4-9,14,29H,10-13H2,1-3H3/b21-20-/t25-/m1/s1. The Bertz CT molecular complexity index is 1250. The van der Waals surface area contributed by atoms with Gasteiger partial charge in [-0.1, -0.05) is 18.2 Å². The number of fused-ring (bicyclic) bond motifs is 3. The number of carbonyl (C=O) groups is 3. The molecule has 0 saturated carbocycles. The first-order valence-corrected chi connectivity index (χ1v) is 11.0. The van der Waals surface area contributed by atoms with Gasteiger partial charge in [-0.2, -0.15) is 0 Å². The number of Topliss-reactive ketones (excluding diaryl/α,β-unsaturated/α-hetero) is 1. The number of anilines is 1. The molecule has 34 heavy (non-hydrogen) atoms. The fraction of sp³-hybridized carbons (Fsp3) is 0.320. The Balaban J connectivity index is 1.77. The minimum Gasteiger partial charge on any atom is -0.507 e. The number of aliphatic hydroxyl groups excluding tert-OH is 1. The van der Waals surface area contributed by atoms with Crippen molar-refractivity contribution in [3.63, 3.8) is 0 Å². The van der Waals surface area contributed by atoms with Gasteiger partial charge in [-0.3, -0.25) is 14.4 Å². The van der Waals surface area contributed by atoms with Crippen molar-refractivity contribution in [1.29, 1.82) is 0 Å². The highest BCUT2D eigenvalue weighted by Crippen LogP contribution is 2.53. The number of ether oxygens (including phenoxy) is 2. The predicted octanol–water partition coefficient (Wildman–Crippen LogP) is 1.57. The first kappa shape index (κ1) is 22.0. The van der Waals surface area contributed by atoms with Gasteiger partial charge in [0.25, 0.3) is 17.6 Å². The van der Waals surface area contributed by atoms with Crippen LogP contribution in [0.4, 0.5) is 5.69 Å². The Morgan fingerprint density at radius 2 is 1.76 bits per heavy atom. The number of likely N-dealkylation sites (tertiary alicyclic amines) is 1. The lowest BCUT2D eigenvalue weighted by Gasteiger charge is -2.34. The topological polar surface area (TPSA) is 99.6 Å². The number of para-hydroxylation sites is 1. The number of nitrogens with zero attached hydrogens (tertiary/aromatic N) is 3. The number of benzene rings is 2. The first-order chi connectivity index (χ1) is 16.3. The van der Waals surface area contributed by atoms with E-state index in [0.29, 0.717) is 42.5 Å². The van der Waals surface area contributed by atoms with E-state index < -0.39 is 28.9 Å². The zero-order valence-electron chi connectivity index (χ0n) is 19.2. The molecular formula is C25H25N3O6. The fourth-order valence-corrected chi connectivity index (χ4v) is 4.91. The summed E-state index contributed by atoms with van der Waals surface area (Å²) >= 11 is 0. The van der Waals surface area contributed by atoms with Crippen molar-refractivity contribution in [2.45, 2.75) is 5.54 Å². The smallest absolute Gasteiger partial charge is 0.296 e. The van der Waals surface area contributed by atoms with Gasteiger partial charge < -0.3 is 29.3 Å². The molecule has 5 rings (SSSR count). The van der Waals surface area contributed by atoms with Crippen molar-refractivity contribution in [1.82, 2.24) is 9.80 Å². The summed E-state index contributed by atoms with van der Waals surface area (Å²) in [5.74, 6) is -1.68. The summed E-state index contributed by atoms with van der Waals surface area (Å²) < 4.78 is 11.2. The number of carbonyl (C=O) groups excluding carboxylic acids is 3. The molecule has 1 fully saturated rings. The third-order valence-electron chi connectivity index (χ3n) is 6.53. The summed E-state index contributed by atoms with van der Waals surface area (Å²) in [6.45, 7) is 1.32. The number of aliphatic hydroxyl groups is 1. The van der Waals surface area contributed by atoms with E-state index >= 15 is 0 Å². The van der Waals surface area contributed by atoms with E-state index in [0.717, 1.165) is 0 Å². The molecule has 9 nitrogen and oxygen atoms in total. The molecule has 3 aliphatic heterocycles. The van der Waals surface area contributed by atoms with Crippen LogP contribution in [0.5, 0.6) is 11.5 Å². The van der Waals surface area contributed by atoms with Crippen molar-refractivity contribution in [3.05, 3.63) is 59.2 Å². The molecule has 176 valence electrons. The highest BCUT2D eigenvalue weighted by atomic mass is 16.6. The number of ketones is 1. The van der Waals surface area contributed by atoms with E-state index in [2.05, 4.69) is 0 Å². The van der Waals surface area contributed by atoms with Crippen molar-refractivity contribution in [2.75, 3.05) is 52.3 Å². The van der Waals surface area contributed by atoms with Crippen LogP contribution in [0.1, 0.15) is 11.1 Å². The summed E-state index contributed by atoms with van der Waals surface area (Å²) in [6.07, 6.45) is 0. The molecule has 1 saturated heterocycles. The molecule has 2 aromatic carbocycles. The maximum Gasteiger partial charge on any atom is 0.296 e. The number of hydrogen-bond donors (Lipinski definition) is 1. The Morgan fingerprint density at radius 3 is 2.50 bits per heavy atom. The van der Waals surface area contributed by atoms with Crippen molar-refractivity contribution < 1.29 is 29.0 Å². The second-order valence-corrected chi connectivity index (χ2v) is 8.76. The van der Waals surface area contributed by atoms with Gasteiger partial charge >= 0.3 is 0 Å². The predicted molar refractivity (Wildman–Crippen MR) is 124 cm³/mol. The van der Waals surface area contributed by atoms with Gasteiger partial charge in [0.2, 0.25) is 0 Å². The molecule has 3 aliphatic rings. The second kappa shape index (κ2) is 7.88. The van der Waals surface area contributed by atoms with Crippen LogP contribution in [-0.2, 0) is 19.9 Å². The molecule has 0 aromatic heterocycles. The number of likely N-dealkylation sites (N-methyl/N-ethyl adjacent to an activating group) is 2. The summed E-state index contributed by atoms with van der Waals surface area (Å²) in [5.41, 5.74) is -0.673. The minimum absolute atomic E-state index is 0.128. The lowest BCUT2D eigenvalue weighted by molar-refractivity contribution is -0.143. The highest BCUT2D eigenvalue weighted by molar-refractivity contribution is 6.50. The van der Waals surface area contributed by atoms with E-state index in [9.17, 15) is 19.5 Å². The van der Waals surface area contributed by atoms with Crippen LogP contribution in [0.15, 0.2) is 48.0 Å². The molecule has 1 spiro atoms. The van der Waals surface area contributed by atoms with E-state index in [1.54, 1.807) is 49.5 Å². The molecule has 0 unspecified atom stereocenters. The molecule has 0 radical (unpaired) electrons. The molecular weight excluding hydrogens is 438 g/mol. The number of hydrogen-bond acceptors (Lipinski definition) is 7. The average molecular weight is 463 g/mol. The van der Waals surface area contributed by atoms with E-state index in [-0.39, 0.29) is 17.7 Å².